The topological polar surface area (TPSA) is 78.5 Å². The Bertz CT molecular complexity index is 824. The van der Waals surface area contributed by atoms with E-state index in [4.69, 9.17) is 13.9 Å². The Hall–Kier alpha value is -3.22. The van der Waals surface area contributed by atoms with Gasteiger partial charge in [-0.2, -0.15) is 5.10 Å². The van der Waals surface area contributed by atoms with E-state index in [0.29, 0.717) is 29.4 Å². The molecule has 1 N–H and O–H groups in total. The number of benzene rings is 1. The lowest BCUT2D eigenvalue weighted by atomic mass is 10.2. The highest BCUT2D eigenvalue weighted by molar-refractivity contribution is 6.03. The van der Waals surface area contributed by atoms with Crippen LogP contribution in [0, 0.1) is 0 Å². The molecule has 0 unspecified atom stereocenters. The molecule has 0 fully saturated rings. The van der Waals surface area contributed by atoms with Crippen molar-refractivity contribution in [1.29, 1.82) is 0 Å². The Morgan fingerprint density at radius 3 is 2.83 bits per heavy atom. The summed E-state index contributed by atoms with van der Waals surface area (Å²) >= 11 is 0. The Kier molecular flexibility index (Phi) is 4.51. The SMILES string of the molecule is COc1cccc(Cn2nccc2NC(=O)c2ccoc2)c1OC. The van der Waals surface area contributed by atoms with E-state index >= 15 is 0 Å². The molecule has 0 spiro atoms. The van der Waals surface area contributed by atoms with Crippen LogP contribution in [0.15, 0.2) is 53.5 Å². The van der Waals surface area contributed by atoms with Crippen LogP contribution in [0.2, 0.25) is 0 Å². The predicted octanol–water partition coefficient (Wildman–Crippen LogP) is 2.79. The van der Waals surface area contributed by atoms with Crippen molar-refractivity contribution in [2.24, 2.45) is 0 Å². The number of hydrogen-bond acceptors (Lipinski definition) is 5. The third-order valence-electron chi connectivity index (χ3n) is 3.55. The van der Waals surface area contributed by atoms with Crippen LogP contribution in [0.5, 0.6) is 11.5 Å². The average molecular weight is 327 g/mol. The van der Waals surface area contributed by atoms with Crippen LogP contribution < -0.4 is 14.8 Å². The van der Waals surface area contributed by atoms with Crippen molar-refractivity contribution >= 4 is 11.7 Å². The summed E-state index contributed by atoms with van der Waals surface area (Å²) in [5.74, 6) is 1.60. The minimum Gasteiger partial charge on any atom is -0.493 e. The van der Waals surface area contributed by atoms with Gasteiger partial charge in [0.05, 0.1) is 38.8 Å². The lowest BCUT2D eigenvalue weighted by Crippen LogP contribution is -2.15. The summed E-state index contributed by atoms with van der Waals surface area (Å²) in [7, 11) is 3.18. The van der Waals surface area contributed by atoms with Gasteiger partial charge in [0.1, 0.15) is 12.1 Å². The zero-order valence-corrected chi connectivity index (χ0v) is 13.4. The highest BCUT2D eigenvalue weighted by Gasteiger charge is 2.14. The predicted molar refractivity (Wildman–Crippen MR) is 87.5 cm³/mol. The first-order valence-electron chi connectivity index (χ1n) is 7.28. The summed E-state index contributed by atoms with van der Waals surface area (Å²) in [6.07, 6.45) is 4.46. The molecule has 0 aliphatic carbocycles. The summed E-state index contributed by atoms with van der Waals surface area (Å²) < 4.78 is 17.3. The number of furan rings is 1. The Labute approximate surface area is 138 Å². The summed E-state index contributed by atoms with van der Waals surface area (Å²) in [4.78, 5) is 12.1. The third-order valence-corrected chi connectivity index (χ3v) is 3.55. The van der Waals surface area contributed by atoms with Gasteiger partial charge in [-0.1, -0.05) is 12.1 Å². The van der Waals surface area contributed by atoms with E-state index in [1.807, 2.05) is 18.2 Å². The van der Waals surface area contributed by atoms with Crippen molar-refractivity contribution in [3.8, 4) is 11.5 Å². The largest absolute Gasteiger partial charge is 0.493 e. The molecule has 3 aromatic rings. The number of carbonyl (C=O) groups excluding carboxylic acids is 1. The van der Waals surface area contributed by atoms with Crippen LogP contribution in [0.3, 0.4) is 0 Å². The first-order chi connectivity index (χ1) is 11.7. The van der Waals surface area contributed by atoms with Crippen LogP contribution >= 0.6 is 0 Å². The molecule has 1 amide bonds. The molecule has 0 aliphatic heterocycles. The molecule has 2 heterocycles. The lowest BCUT2D eigenvalue weighted by molar-refractivity contribution is 0.102. The maximum Gasteiger partial charge on any atom is 0.260 e. The fourth-order valence-electron chi connectivity index (χ4n) is 2.39. The van der Waals surface area contributed by atoms with Crippen molar-refractivity contribution in [1.82, 2.24) is 9.78 Å². The van der Waals surface area contributed by atoms with Crippen LogP contribution in [0.4, 0.5) is 5.82 Å². The average Bonchev–Trinajstić information content (AvgIpc) is 3.27. The van der Waals surface area contributed by atoms with Crippen molar-refractivity contribution < 1.29 is 18.7 Å². The molecule has 24 heavy (non-hydrogen) atoms. The standard InChI is InChI=1S/C17H17N3O4/c1-22-14-5-3-4-12(16(14)23-2)10-20-15(6-8-18-20)19-17(21)13-7-9-24-11-13/h3-9,11H,10H2,1-2H3,(H,19,21). The zero-order valence-electron chi connectivity index (χ0n) is 13.4. The van der Waals surface area contributed by atoms with E-state index in [1.165, 1.54) is 12.5 Å². The molecule has 7 nitrogen and oxygen atoms in total. The summed E-state index contributed by atoms with van der Waals surface area (Å²) in [6.45, 7) is 0.425. The van der Waals surface area contributed by atoms with Gasteiger partial charge in [0, 0.05) is 11.6 Å². The molecule has 0 atom stereocenters. The van der Waals surface area contributed by atoms with E-state index in [0.717, 1.165) is 5.56 Å². The second kappa shape index (κ2) is 6.91. The van der Waals surface area contributed by atoms with E-state index in [9.17, 15) is 4.79 Å². The fraction of sp³-hybridized carbons (Fsp3) is 0.176. The van der Waals surface area contributed by atoms with E-state index in [1.54, 1.807) is 37.2 Å². The molecule has 2 aromatic heterocycles. The van der Waals surface area contributed by atoms with E-state index in [2.05, 4.69) is 10.4 Å². The molecule has 0 aliphatic rings. The molecular formula is C17H17N3O4. The van der Waals surface area contributed by atoms with Gasteiger partial charge < -0.3 is 19.2 Å². The first-order valence-corrected chi connectivity index (χ1v) is 7.28. The Morgan fingerprint density at radius 1 is 1.25 bits per heavy atom. The number of nitrogens with zero attached hydrogens (tertiary/aromatic N) is 2. The van der Waals surface area contributed by atoms with E-state index < -0.39 is 0 Å². The number of amides is 1. The van der Waals surface area contributed by atoms with Crippen molar-refractivity contribution in [2.45, 2.75) is 6.54 Å². The third kappa shape index (κ3) is 3.10. The highest BCUT2D eigenvalue weighted by atomic mass is 16.5. The second-order valence-electron chi connectivity index (χ2n) is 4.99. The van der Waals surface area contributed by atoms with Crippen molar-refractivity contribution in [3.05, 3.63) is 60.2 Å². The Balaban J connectivity index is 1.83. The van der Waals surface area contributed by atoms with Gasteiger partial charge in [0.15, 0.2) is 11.5 Å². The molecular weight excluding hydrogens is 310 g/mol. The van der Waals surface area contributed by atoms with Crippen LogP contribution in [-0.4, -0.2) is 29.9 Å². The minimum atomic E-state index is -0.261. The summed E-state index contributed by atoms with van der Waals surface area (Å²) in [5, 5.41) is 7.07. The van der Waals surface area contributed by atoms with Crippen LogP contribution in [0.1, 0.15) is 15.9 Å². The second-order valence-corrected chi connectivity index (χ2v) is 4.99. The maximum atomic E-state index is 12.1. The number of methoxy groups -OCH3 is 2. The monoisotopic (exact) mass is 327 g/mol. The van der Waals surface area contributed by atoms with Gasteiger partial charge in [-0.15, -0.1) is 0 Å². The molecule has 0 saturated carbocycles. The quantitative estimate of drug-likeness (QED) is 0.753. The first kappa shape index (κ1) is 15.7. The zero-order chi connectivity index (χ0) is 16.9. The molecule has 0 radical (unpaired) electrons. The smallest absolute Gasteiger partial charge is 0.260 e. The normalized spacial score (nSPS) is 10.4. The lowest BCUT2D eigenvalue weighted by Gasteiger charge is -2.14. The molecule has 3 rings (SSSR count). The minimum absolute atomic E-state index is 0.261. The molecule has 0 bridgehead atoms. The summed E-state index contributed by atoms with van der Waals surface area (Å²) in [6, 6.07) is 8.95. The van der Waals surface area contributed by atoms with Gasteiger partial charge >= 0.3 is 0 Å². The van der Waals surface area contributed by atoms with Gasteiger partial charge in [0.25, 0.3) is 5.91 Å². The van der Waals surface area contributed by atoms with Gasteiger partial charge in [0.2, 0.25) is 0 Å². The highest BCUT2D eigenvalue weighted by Crippen LogP contribution is 2.31. The van der Waals surface area contributed by atoms with Crippen LogP contribution in [-0.2, 0) is 6.54 Å². The van der Waals surface area contributed by atoms with Gasteiger partial charge in [-0.3, -0.25) is 4.79 Å². The van der Waals surface area contributed by atoms with E-state index in [-0.39, 0.29) is 5.91 Å². The maximum absolute atomic E-state index is 12.1. The number of para-hydroxylation sites is 1. The molecule has 7 heteroatoms. The summed E-state index contributed by atoms with van der Waals surface area (Å²) in [5.41, 5.74) is 1.33. The van der Waals surface area contributed by atoms with Crippen LogP contribution in [0.25, 0.3) is 0 Å². The number of anilines is 1. The number of aromatic nitrogens is 2. The Morgan fingerprint density at radius 2 is 2.12 bits per heavy atom. The number of carbonyl (C=O) groups is 1. The number of ether oxygens (including phenoxy) is 2. The van der Waals surface area contributed by atoms with Crippen molar-refractivity contribution in [3.63, 3.8) is 0 Å². The molecule has 1 aromatic carbocycles. The molecule has 124 valence electrons. The fourth-order valence-corrected chi connectivity index (χ4v) is 2.39. The van der Waals surface area contributed by atoms with Crippen molar-refractivity contribution in [2.75, 3.05) is 19.5 Å². The van der Waals surface area contributed by atoms with Gasteiger partial charge in [-0.25, -0.2) is 4.68 Å². The van der Waals surface area contributed by atoms with Gasteiger partial charge in [-0.05, 0) is 12.1 Å². The number of rotatable bonds is 6. The number of hydrogen-bond donors (Lipinski definition) is 1. The number of nitrogens with one attached hydrogen (secondary N) is 1. The molecule has 0 saturated heterocycles.